The smallest absolute Gasteiger partial charge is 0.277 e. The van der Waals surface area contributed by atoms with Crippen LogP contribution in [0.4, 0.5) is 5.69 Å². The highest BCUT2D eigenvalue weighted by atomic mass is 32.2. The summed E-state index contributed by atoms with van der Waals surface area (Å²) in [6, 6.07) is 14.6. The lowest BCUT2D eigenvalue weighted by atomic mass is 10.2. The zero-order valence-corrected chi connectivity index (χ0v) is 15.8. The number of aromatic nitrogens is 2. The molecule has 0 aliphatic rings. The summed E-state index contributed by atoms with van der Waals surface area (Å²) in [6.07, 6.45) is 0. The molecule has 1 amide bonds. The second-order valence-electron chi connectivity index (χ2n) is 5.37. The van der Waals surface area contributed by atoms with Crippen molar-refractivity contribution < 1.29 is 18.7 Å². The van der Waals surface area contributed by atoms with E-state index in [0.717, 1.165) is 11.3 Å². The molecule has 0 fully saturated rings. The summed E-state index contributed by atoms with van der Waals surface area (Å²) in [7, 11) is 1.56. The quantitative estimate of drug-likeness (QED) is 0.589. The number of amides is 1. The van der Waals surface area contributed by atoms with Crippen LogP contribution in [0.2, 0.25) is 0 Å². The minimum atomic E-state index is -0.190. The van der Waals surface area contributed by atoms with E-state index >= 15 is 0 Å². The van der Waals surface area contributed by atoms with Crippen LogP contribution in [0.25, 0.3) is 11.5 Å². The van der Waals surface area contributed by atoms with E-state index in [9.17, 15) is 4.79 Å². The van der Waals surface area contributed by atoms with E-state index in [1.807, 2.05) is 43.3 Å². The first-order chi connectivity index (χ1) is 13.2. The lowest BCUT2D eigenvalue weighted by Gasteiger charge is -2.08. The topological polar surface area (TPSA) is 86.5 Å². The number of para-hydroxylation sites is 2. The van der Waals surface area contributed by atoms with Gasteiger partial charge in [0.1, 0.15) is 11.5 Å². The predicted molar refractivity (Wildman–Crippen MR) is 103 cm³/mol. The van der Waals surface area contributed by atoms with Gasteiger partial charge in [-0.1, -0.05) is 23.9 Å². The average molecular weight is 385 g/mol. The average Bonchev–Trinajstić information content (AvgIpc) is 3.17. The molecule has 27 heavy (non-hydrogen) atoms. The number of hydrogen-bond donors (Lipinski definition) is 1. The Kier molecular flexibility index (Phi) is 6.32. The summed E-state index contributed by atoms with van der Waals surface area (Å²) in [4.78, 5) is 12.1. The van der Waals surface area contributed by atoms with E-state index in [4.69, 9.17) is 13.9 Å². The van der Waals surface area contributed by atoms with Gasteiger partial charge in [0, 0.05) is 5.56 Å². The lowest BCUT2D eigenvalue weighted by molar-refractivity contribution is -0.113. The SMILES string of the molecule is CCOc1ccc(-c2nnc(SCC(=O)Nc3ccccc3OC)o2)cc1. The Bertz CT molecular complexity index is 896. The van der Waals surface area contributed by atoms with Crippen LogP contribution in [-0.4, -0.2) is 35.6 Å². The second-order valence-corrected chi connectivity index (χ2v) is 6.29. The van der Waals surface area contributed by atoms with Gasteiger partial charge < -0.3 is 19.2 Å². The van der Waals surface area contributed by atoms with E-state index in [0.29, 0.717) is 29.2 Å². The van der Waals surface area contributed by atoms with E-state index in [1.165, 1.54) is 11.8 Å². The highest BCUT2D eigenvalue weighted by Gasteiger charge is 2.12. The third-order valence-electron chi connectivity index (χ3n) is 3.53. The van der Waals surface area contributed by atoms with E-state index in [1.54, 1.807) is 19.2 Å². The Morgan fingerprint density at radius 3 is 2.67 bits per heavy atom. The van der Waals surface area contributed by atoms with Crippen LogP contribution in [0, 0.1) is 0 Å². The van der Waals surface area contributed by atoms with Crippen LogP contribution < -0.4 is 14.8 Å². The third-order valence-corrected chi connectivity index (χ3v) is 4.34. The molecular formula is C19H19N3O4S. The summed E-state index contributed by atoms with van der Waals surface area (Å²) in [5.41, 5.74) is 1.41. The fourth-order valence-corrected chi connectivity index (χ4v) is 2.87. The van der Waals surface area contributed by atoms with Gasteiger partial charge >= 0.3 is 0 Å². The number of nitrogens with zero attached hydrogens (tertiary/aromatic N) is 2. The Balaban J connectivity index is 1.57. The fourth-order valence-electron chi connectivity index (χ4n) is 2.31. The van der Waals surface area contributed by atoms with Gasteiger partial charge in [-0.3, -0.25) is 4.79 Å². The molecule has 8 heteroatoms. The number of methoxy groups -OCH3 is 1. The molecule has 0 aliphatic carbocycles. The van der Waals surface area contributed by atoms with Crippen LogP contribution in [0.1, 0.15) is 6.92 Å². The van der Waals surface area contributed by atoms with Crippen molar-refractivity contribution in [2.75, 3.05) is 24.8 Å². The summed E-state index contributed by atoms with van der Waals surface area (Å²) < 4.78 is 16.2. The number of thioether (sulfide) groups is 1. The zero-order chi connectivity index (χ0) is 19.1. The van der Waals surface area contributed by atoms with Gasteiger partial charge in [-0.05, 0) is 43.3 Å². The molecule has 140 valence electrons. The minimum Gasteiger partial charge on any atom is -0.495 e. The van der Waals surface area contributed by atoms with Crippen LogP contribution in [0.5, 0.6) is 11.5 Å². The van der Waals surface area contributed by atoms with Crippen molar-refractivity contribution in [1.29, 1.82) is 0 Å². The molecule has 1 aromatic heterocycles. The molecule has 2 aromatic carbocycles. The maximum Gasteiger partial charge on any atom is 0.277 e. The maximum absolute atomic E-state index is 12.1. The van der Waals surface area contributed by atoms with Gasteiger partial charge in [0.15, 0.2) is 0 Å². The number of benzene rings is 2. The lowest BCUT2D eigenvalue weighted by Crippen LogP contribution is -2.14. The normalized spacial score (nSPS) is 10.4. The summed E-state index contributed by atoms with van der Waals surface area (Å²) in [5, 5.41) is 11.1. The maximum atomic E-state index is 12.1. The standard InChI is InChI=1S/C19H19N3O4S/c1-3-25-14-10-8-13(9-11-14)18-21-22-19(26-18)27-12-17(23)20-15-6-4-5-7-16(15)24-2/h4-11H,3,12H2,1-2H3,(H,20,23). The van der Waals surface area contributed by atoms with Crippen LogP contribution in [0.3, 0.4) is 0 Å². The molecule has 0 unspecified atom stereocenters. The van der Waals surface area contributed by atoms with Crippen LogP contribution >= 0.6 is 11.8 Å². The van der Waals surface area contributed by atoms with Gasteiger partial charge in [-0.15, -0.1) is 10.2 Å². The van der Waals surface area contributed by atoms with Gasteiger partial charge in [0.05, 0.1) is 25.2 Å². The van der Waals surface area contributed by atoms with Crippen molar-refractivity contribution in [3.8, 4) is 23.0 Å². The molecule has 1 N–H and O–H groups in total. The molecule has 0 spiro atoms. The number of carbonyl (C=O) groups is 1. The van der Waals surface area contributed by atoms with Crippen molar-refractivity contribution >= 4 is 23.4 Å². The van der Waals surface area contributed by atoms with Crippen molar-refractivity contribution in [3.05, 3.63) is 48.5 Å². The molecular weight excluding hydrogens is 366 g/mol. The van der Waals surface area contributed by atoms with Crippen molar-refractivity contribution in [3.63, 3.8) is 0 Å². The Hall–Kier alpha value is -3.00. The Labute approximate surface area is 161 Å². The van der Waals surface area contributed by atoms with Crippen molar-refractivity contribution in [2.24, 2.45) is 0 Å². The summed E-state index contributed by atoms with van der Waals surface area (Å²) >= 11 is 1.17. The number of ether oxygens (including phenoxy) is 2. The van der Waals surface area contributed by atoms with Crippen LogP contribution in [-0.2, 0) is 4.79 Å². The second kappa shape index (κ2) is 9.09. The molecule has 0 aliphatic heterocycles. The Morgan fingerprint density at radius 2 is 1.93 bits per heavy atom. The summed E-state index contributed by atoms with van der Waals surface area (Å²) in [6.45, 7) is 2.54. The monoisotopic (exact) mass is 385 g/mol. The number of nitrogens with one attached hydrogen (secondary N) is 1. The van der Waals surface area contributed by atoms with E-state index in [-0.39, 0.29) is 11.7 Å². The van der Waals surface area contributed by atoms with Crippen molar-refractivity contribution in [1.82, 2.24) is 10.2 Å². The third kappa shape index (κ3) is 5.01. The molecule has 3 rings (SSSR count). The number of anilines is 1. The fraction of sp³-hybridized carbons (Fsp3) is 0.211. The largest absolute Gasteiger partial charge is 0.495 e. The summed E-state index contributed by atoms with van der Waals surface area (Å²) in [5.74, 6) is 1.73. The molecule has 7 nitrogen and oxygen atoms in total. The first-order valence-electron chi connectivity index (χ1n) is 8.32. The van der Waals surface area contributed by atoms with Gasteiger partial charge in [-0.25, -0.2) is 0 Å². The molecule has 3 aromatic rings. The highest BCUT2D eigenvalue weighted by Crippen LogP contribution is 2.26. The van der Waals surface area contributed by atoms with Gasteiger partial charge in [-0.2, -0.15) is 0 Å². The van der Waals surface area contributed by atoms with Gasteiger partial charge in [0.2, 0.25) is 11.8 Å². The first-order valence-corrected chi connectivity index (χ1v) is 9.30. The molecule has 0 bridgehead atoms. The Morgan fingerprint density at radius 1 is 1.15 bits per heavy atom. The number of carbonyl (C=O) groups excluding carboxylic acids is 1. The first kappa shape index (κ1) is 18.8. The number of hydrogen-bond acceptors (Lipinski definition) is 7. The van der Waals surface area contributed by atoms with E-state index < -0.39 is 0 Å². The molecule has 0 radical (unpaired) electrons. The molecule has 0 saturated heterocycles. The van der Waals surface area contributed by atoms with E-state index in [2.05, 4.69) is 15.5 Å². The van der Waals surface area contributed by atoms with Crippen LogP contribution in [0.15, 0.2) is 58.2 Å². The minimum absolute atomic E-state index is 0.142. The molecule has 0 atom stereocenters. The van der Waals surface area contributed by atoms with Gasteiger partial charge in [0.25, 0.3) is 5.22 Å². The molecule has 1 heterocycles. The molecule has 0 saturated carbocycles. The predicted octanol–water partition coefficient (Wildman–Crippen LogP) is 3.87. The zero-order valence-electron chi connectivity index (χ0n) is 15.0. The van der Waals surface area contributed by atoms with Crippen molar-refractivity contribution in [2.45, 2.75) is 12.1 Å². The highest BCUT2D eigenvalue weighted by molar-refractivity contribution is 7.99. The number of rotatable bonds is 8.